The van der Waals surface area contributed by atoms with E-state index in [-0.39, 0.29) is 22.2 Å². The molecule has 33 heavy (non-hydrogen) atoms. The Morgan fingerprint density at radius 3 is 2.55 bits per heavy atom. The van der Waals surface area contributed by atoms with Crippen molar-refractivity contribution in [3.05, 3.63) is 68.9 Å². The van der Waals surface area contributed by atoms with Crippen LogP contribution in [0.4, 0.5) is 11.4 Å². The highest BCUT2D eigenvalue weighted by Gasteiger charge is 2.21. The van der Waals surface area contributed by atoms with Crippen LogP contribution in [0.25, 0.3) is 11.3 Å². The number of rotatable bonds is 6. The Bertz CT molecular complexity index is 1290. The predicted molar refractivity (Wildman–Crippen MR) is 127 cm³/mol. The molecule has 0 aliphatic heterocycles. The number of anilines is 1. The van der Waals surface area contributed by atoms with Crippen molar-refractivity contribution in [1.82, 2.24) is 15.2 Å². The van der Waals surface area contributed by atoms with Gasteiger partial charge in [-0.15, -0.1) is 0 Å². The number of nitro benzene ring substituents is 1. The molecule has 0 unspecified atom stereocenters. The molecule has 0 atom stereocenters. The lowest BCUT2D eigenvalue weighted by Gasteiger charge is -2.08. The molecule has 0 amide bonds. The fraction of sp³-hybridized carbons (Fsp3) is 0.100. The lowest BCUT2D eigenvalue weighted by molar-refractivity contribution is -0.385. The molecule has 3 rings (SSSR count). The number of benzene rings is 2. The highest BCUT2D eigenvalue weighted by molar-refractivity contribution is 7.80. The summed E-state index contributed by atoms with van der Waals surface area (Å²) in [6, 6.07) is 10.4. The number of carboxylic acid groups (broad SMARTS) is 1. The molecule has 0 radical (unpaired) electrons. The number of thiocarbonyl (C=S) groups is 1. The zero-order valence-electron chi connectivity index (χ0n) is 17.2. The van der Waals surface area contributed by atoms with Gasteiger partial charge in [0.2, 0.25) is 0 Å². The molecule has 0 saturated heterocycles. The average Bonchev–Trinajstić information content (AvgIpc) is 3.06. The first kappa shape index (κ1) is 23.6. The molecule has 0 spiro atoms. The van der Waals surface area contributed by atoms with E-state index in [0.29, 0.717) is 22.0 Å². The molecular weight excluding hydrogens is 472 g/mol. The third-order valence-corrected chi connectivity index (χ3v) is 4.94. The van der Waals surface area contributed by atoms with Crippen LogP contribution in [0, 0.1) is 10.1 Å². The zero-order valence-corrected chi connectivity index (χ0v) is 18.8. The highest BCUT2D eigenvalue weighted by Crippen LogP contribution is 2.32. The van der Waals surface area contributed by atoms with Gasteiger partial charge in [-0.25, -0.2) is 4.79 Å². The van der Waals surface area contributed by atoms with Gasteiger partial charge in [-0.2, -0.15) is 10.2 Å². The number of aryl methyl sites for hydroxylation is 1. The van der Waals surface area contributed by atoms with E-state index in [1.165, 1.54) is 10.7 Å². The van der Waals surface area contributed by atoms with Gasteiger partial charge in [0.1, 0.15) is 11.3 Å². The molecule has 11 nitrogen and oxygen atoms in total. The van der Waals surface area contributed by atoms with E-state index in [1.807, 2.05) is 0 Å². The maximum Gasteiger partial charge on any atom is 0.342 e. The number of hydrogen-bond donors (Lipinski definition) is 4. The molecule has 3 aromatic rings. The summed E-state index contributed by atoms with van der Waals surface area (Å²) in [6.07, 6.45) is 0. The van der Waals surface area contributed by atoms with Crippen molar-refractivity contribution in [2.24, 2.45) is 12.1 Å². The van der Waals surface area contributed by atoms with Crippen LogP contribution in [0.2, 0.25) is 5.02 Å². The van der Waals surface area contributed by atoms with E-state index in [0.717, 1.165) is 12.1 Å². The van der Waals surface area contributed by atoms with Crippen LogP contribution >= 0.6 is 23.8 Å². The quantitative estimate of drug-likeness (QED) is 0.175. The number of carboxylic acids is 1. The summed E-state index contributed by atoms with van der Waals surface area (Å²) in [5, 5.41) is 42.5. The SMILES string of the molecule is CC(=NNC(=S)Nc1ccc(C(=O)O)c([N+](=O)[O-])c1)c1nn(C)c(-c2ccc(Cl)cc2)c1O. The number of aromatic carboxylic acids is 1. The monoisotopic (exact) mass is 488 g/mol. The molecule has 2 aromatic carbocycles. The van der Waals surface area contributed by atoms with Gasteiger partial charge in [-0.05, 0) is 43.4 Å². The Balaban J connectivity index is 1.77. The molecule has 0 fully saturated rings. The van der Waals surface area contributed by atoms with E-state index in [4.69, 9.17) is 28.9 Å². The van der Waals surface area contributed by atoms with Gasteiger partial charge in [0, 0.05) is 29.4 Å². The van der Waals surface area contributed by atoms with Gasteiger partial charge in [-0.1, -0.05) is 23.7 Å². The number of hydrogen-bond acceptors (Lipinski definition) is 7. The van der Waals surface area contributed by atoms with Gasteiger partial charge in [0.25, 0.3) is 5.69 Å². The second kappa shape index (κ2) is 9.63. The molecule has 0 saturated carbocycles. The Morgan fingerprint density at radius 2 is 1.94 bits per heavy atom. The van der Waals surface area contributed by atoms with Crippen molar-refractivity contribution in [2.75, 3.05) is 5.32 Å². The minimum atomic E-state index is -1.41. The van der Waals surface area contributed by atoms with Crippen LogP contribution in [0.15, 0.2) is 47.6 Å². The fourth-order valence-electron chi connectivity index (χ4n) is 2.98. The molecule has 1 aromatic heterocycles. The van der Waals surface area contributed by atoms with E-state index < -0.39 is 22.1 Å². The van der Waals surface area contributed by atoms with Gasteiger partial charge in [0.15, 0.2) is 16.6 Å². The molecule has 13 heteroatoms. The second-order valence-electron chi connectivity index (χ2n) is 6.73. The third-order valence-electron chi connectivity index (χ3n) is 4.49. The van der Waals surface area contributed by atoms with Crippen LogP contribution in [0.1, 0.15) is 23.0 Å². The van der Waals surface area contributed by atoms with Crippen molar-refractivity contribution in [3.8, 4) is 17.0 Å². The van der Waals surface area contributed by atoms with Crippen LogP contribution in [-0.4, -0.2) is 41.7 Å². The summed E-state index contributed by atoms with van der Waals surface area (Å²) in [7, 11) is 1.67. The molecule has 0 aliphatic rings. The van der Waals surface area contributed by atoms with E-state index in [1.54, 1.807) is 38.2 Å². The number of halogens is 1. The summed E-state index contributed by atoms with van der Waals surface area (Å²) in [4.78, 5) is 21.4. The number of nitrogens with zero attached hydrogens (tertiary/aromatic N) is 4. The van der Waals surface area contributed by atoms with Crippen LogP contribution in [0.5, 0.6) is 5.75 Å². The minimum Gasteiger partial charge on any atom is -0.504 e. The largest absolute Gasteiger partial charge is 0.504 e. The molecule has 0 aliphatic carbocycles. The summed E-state index contributed by atoms with van der Waals surface area (Å²) in [6.45, 7) is 1.61. The maximum atomic E-state index is 11.1. The summed E-state index contributed by atoms with van der Waals surface area (Å²) in [5.41, 5.74) is 3.46. The average molecular weight is 489 g/mol. The summed E-state index contributed by atoms with van der Waals surface area (Å²) >= 11 is 11.1. The van der Waals surface area contributed by atoms with Gasteiger partial charge in [-0.3, -0.25) is 20.2 Å². The first-order valence-corrected chi connectivity index (χ1v) is 10.0. The number of aromatic hydroxyl groups is 1. The van der Waals surface area contributed by atoms with Crippen molar-refractivity contribution in [2.45, 2.75) is 6.92 Å². The lowest BCUT2D eigenvalue weighted by Crippen LogP contribution is -2.25. The number of carbonyl (C=O) groups is 1. The molecule has 4 N–H and O–H groups in total. The van der Waals surface area contributed by atoms with Crippen molar-refractivity contribution in [3.63, 3.8) is 0 Å². The summed E-state index contributed by atoms with van der Waals surface area (Å²) < 4.78 is 1.51. The molecule has 170 valence electrons. The zero-order chi connectivity index (χ0) is 24.3. The topological polar surface area (TPSA) is 155 Å². The second-order valence-corrected chi connectivity index (χ2v) is 7.58. The van der Waals surface area contributed by atoms with Crippen molar-refractivity contribution >= 4 is 52.0 Å². The Kier molecular flexibility index (Phi) is 6.89. The summed E-state index contributed by atoms with van der Waals surface area (Å²) in [5.74, 6) is -1.50. The van der Waals surface area contributed by atoms with Gasteiger partial charge >= 0.3 is 5.97 Å². The molecular formula is C20H17ClN6O5S. The smallest absolute Gasteiger partial charge is 0.342 e. The normalized spacial score (nSPS) is 11.2. The Hall–Kier alpha value is -4.03. The van der Waals surface area contributed by atoms with Crippen LogP contribution in [-0.2, 0) is 7.05 Å². The van der Waals surface area contributed by atoms with Gasteiger partial charge < -0.3 is 15.5 Å². The maximum absolute atomic E-state index is 11.1. The van der Waals surface area contributed by atoms with Crippen LogP contribution in [0.3, 0.4) is 0 Å². The minimum absolute atomic E-state index is 0.0138. The number of nitrogens with one attached hydrogen (secondary N) is 2. The lowest BCUT2D eigenvalue weighted by atomic mass is 10.1. The van der Waals surface area contributed by atoms with E-state index >= 15 is 0 Å². The first-order valence-electron chi connectivity index (χ1n) is 9.23. The number of aromatic nitrogens is 2. The predicted octanol–water partition coefficient (Wildman–Crippen LogP) is 3.76. The first-order chi connectivity index (χ1) is 15.6. The van der Waals surface area contributed by atoms with Gasteiger partial charge in [0.05, 0.1) is 10.6 Å². The number of nitro groups is 1. The fourth-order valence-corrected chi connectivity index (χ4v) is 3.27. The van der Waals surface area contributed by atoms with Crippen LogP contribution < -0.4 is 10.7 Å². The molecule has 0 bridgehead atoms. The Labute approximate surface area is 197 Å². The van der Waals surface area contributed by atoms with E-state index in [9.17, 15) is 20.0 Å². The third kappa shape index (κ3) is 5.25. The highest BCUT2D eigenvalue weighted by atomic mass is 35.5. The Morgan fingerprint density at radius 1 is 1.27 bits per heavy atom. The van der Waals surface area contributed by atoms with E-state index in [2.05, 4.69) is 20.9 Å². The van der Waals surface area contributed by atoms with Crippen molar-refractivity contribution in [1.29, 1.82) is 0 Å². The number of hydrazone groups is 1. The standard InChI is InChI=1S/C20H17ClN6O5S/c1-10(16-18(28)17(26(2)25-16)11-3-5-12(21)6-4-11)23-24-20(33)22-13-7-8-14(19(29)30)15(9-13)27(31)32/h3-9,28H,1-2H3,(H,29,30)(H2,22,24,33). The molecule has 1 heterocycles. The van der Waals surface area contributed by atoms with Crippen molar-refractivity contribution < 1.29 is 19.9 Å².